The molecule has 23 heavy (non-hydrogen) atoms. The predicted octanol–water partition coefficient (Wildman–Crippen LogP) is 1.32. The van der Waals surface area contributed by atoms with Crippen LogP contribution >= 0.6 is 0 Å². The van der Waals surface area contributed by atoms with Crippen LogP contribution in [-0.4, -0.2) is 46.2 Å². The fourth-order valence-corrected chi connectivity index (χ4v) is 7.56. The summed E-state index contributed by atoms with van der Waals surface area (Å²) in [4.78, 5) is -0.420. The lowest BCUT2D eigenvalue weighted by Crippen LogP contribution is -2.44. The van der Waals surface area contributed by atoms with Crippen LogP contribution in [0.5, 0.6) is 0 Å². The monoisotopic (exact) mass is 363 g/mol. The zero-order valence-electron chi connectivity index (χ0n) is 13.4. The quantitative estimate of drug-likeness (QED) is 0.853. The lowest BCUT2D eigenvalue weighted by atomic mass is 10.2. The van der Waals surface area contributed by atoms with Crippen molar-refractivity contribution >= 4 is 19.7 Å². The van der Waals surface area contributed by atoms with E-state index in [4.69, 9.17) is 0 Å². The van der Waals surface area contributed by atoms with Crippen LogP contribution < -0.4 is 5.32 Å². The van der Waals surface area contributed by atoms with Gasteiger partial charge in [-0.25, -0.2) is 21.2 Å². The summed E-state index contributed by atoms with van der Waals surface area (Å²) in [6.07, 6.45) is 0. The molecule has 1 aromatic carbocycles. The minimum absolute atomic E-state index is 0.239. The van der Waals surface area contributed by atoms with Gasteiger partial charge in [0.1, 0.15) is 10.7 Å². The summed E-state index contributed by atoms with van der Waals surface area (Å²) in [6.45, 7) is 6.06. The second-order valence-corrected chi connectivity index (χ2v) is 10.8. The molecular formula is C15H22FNO4S2. The number of halogens is 1. The van der Waals surface area contributed by atoms with Gasteiger partial charge in [0, 0.05) is 6.04 Å². The van der Waals surface area contributed by atoms with Gasteiger partial charge in [-0.1, -0.05) is 19.9 Å². The van der Waals surface area contributed by atoms with Gasteiger partial charge in [-0.05, 0) is 37.1 Å². The minimum atomic E-state index is -4.08. The SMILES string of the molecule is Cc1ccc(F)c(S(=O)(=O)[C@H]2CS(=O)(=O)C[C@@H]2NCC(C)C)c1. The van der Waals surface area contributed by atoms with Crippen molar-refractivity contribution in [2.45, 2.75) is 37.0 Å². The van der Waals surface area contributed by atoms with Crippen LogP contribution in [0, 0.1) is 18.7 Å². The molecule has 1 aromatic rings. The fourth-order valence-electron chi connectivity index (χ4n) is 2.69. The van der Waals surface area contributed by atoms with Crippen LogP contribution in [0.4, 0.5) is 4.39 Å². The highest BCUT2D eigenvalue weighted by molar-refractivity contribution is 7.96. The summed E-state index contributed by atoms with van der Waals surface area (Å²) in [5, 5.41) is 1.85. The second kappa shape index (κ2) is 6.49. The third-order valence-corrected chi connectivity index (χ3v) is 8.04. The Morgan fingerprint density at radius 1 is 1.30 bits per heavy atom. The fraction of sp³-hybridized carbons (Fsp3) is 0.600. The van der Waals surface area contributed by atoms with E-state index in [9.17, 15) is 21.2 Å². The van der Waals surface area contributed by atoms with E-state index in [1.54, 1.807) is 6.92 Å². The molecule has 0 saturated carbocycles. The van der Waals surface area contributed by atoms with E-state index in [1.165, 1.54) is 12.1 Å². The molecule has 1 aliphatic heterocycles. The highest BCUT2D eigenvalue weighted by Gasteiger charge is 2.46. The van der Waals surface area contributed by atoms with Gasteiger partial charge in [0.25, 0.3) is 0 Å². The maximum absolute atomic E-state index is 14.0. The number of nitrogens with one attached hydrogen (secondary N) is 1. The Balaban J connectivity index is 2.41. The van der Waals surface area contributed by atoms with Crippen molar-refractivity contribution in [3.8, 4) is 0 Å². The Hall–Kier alpha value is -0.990. The maximum atomic E-state index is 14.0. The maximum Gasteiger partial charge on any atom is 0.186 e. The molecule has 0 amide bonds. The lowest BCUT2D eigenvalue weighted by molar-refractivity contribution is 0.478. The van der Waals surface area contributed by atoms with Gasteiger partial charge in [-0.3, -0.25) is 0 Å². The van der Waals surface area contributed by atoms with E-state index in [1.807, 2.05) is 13.8 Å². The minimum Gasteiger partial charge on any atom is -0.311 e. The molecule has 5 nitrogen and oxygen atoms in total. The normalized spacial score (nSPS) is 24.2. The van der Waals surface area contributed by atoms with E-state index in [-0.39, 0.29) is 11.7 Å². The van der Waals surface area contributed by atoms with Crippen LogP contribution in [-0.2, 0) is 19.7 Å². The standard InChI is InChI=1S/C15H22FNO4S2/c1-10(2)7-17-13-8-22(18,19)9-15(13)23(20,21)14-6-11(3)4-5-12(14)16/h4-6,10,13,15,17H,7-9H2,1-3H3/t13-,15-/m0/s1. The Bertz CT molecular complexity index is 788. The van der Waals surface area contributed by atoms with Crippen molar-refractivity contribution in [1.29, 1.82) is 0 Å². The zero-order chi connectivity index (χ0) is 17.4. The first-order valence-corrected chi connectivity index (χ1v) is 10.8. The van der Waals surface area contributed by atoms with Gasteiger partial charge in [0.15, 0.2) is 19.7 Å². The molecule has 2 rings (SSSR count). The molecule has 0 aliphatic carbocycles. The third kappa shape index (κ3) is 4.10. The van der Waals surface area contributed by atoms with Crippen LogP contribution in [0.1, 0.15) is 19.4 Å². The summed E-state index contributed by atoms with van der Waals surface area (Å²) in [5.74, 6) is -1.31. The van der Waals surface area contributed by atoms with Crippen molar-refractivity contribution in [3.63, 3.8) is 0 Å². The largest absolute Gasteiger partial charge is 0.311 e. The van der Waals surface area contributed by atoms with Crippen molar-refractivity contribution in [3.05, 3.63) is 29.6 Å². The molecule has 0 spiro atoms. The molecule has 0 unspecified atom stereocenters. The summed E-state index contributed by atoms with van der Waals surface area (Å²) >= 11 is 0. The molecule has 0 aromatic heterocycles. The number of benzene rings is 1. The summed E-state index contributed by atoms with van der Waals surface area (Å²) in [6, 6.07) is 3.12. The first kappa shape index (κ1) is 18.4. The molecule has 0 radical (unpaired) electrons. The summed E-state index contributed by atoms with van der Waals surface area (Å²) < 4.78 is 63.5. The van der Waals surface area contributed by atoms with E-state index in [0.29, 0.717) is 12.1 Å². The molecule has 1 fully saturated rings. The Labute approximate surface area is 137 Å². The van der Waals surface area contributed by atoms with E-state index < -0.39 is 47.4 Å². The van der Waals surface area contributed by atoms with Crippen LogP contribution in [0.2, 0.25) is 0 Å². The molecular weight excluding hydrogens is 341 g/mol. The summed E-state index contributed by atoms with van der Waals surface area (Å²) in [5.41, 5.74) is 0.609. The molecule has 1 aliphatic rings. The number of sulfone groups is 2. The average molecular weight is 363 g/mol. The zero-order valence-corrected chi connectivity index (χ0v) is 15.0. The smallest absolute Gasteiger partial charge is 0.186 e. The topological polar surface area (TPSA) is 80.3 Å². The molecule has 1 saturated heterocycles. The summed E-state index contributed by atoms with van der Waals surface area (Å²) in [7, 11) is -7.55. The van der Waals surface area contributed by atoms with Gasteiger partial charge in [0.2, 0.25) is 0 Å². The van der Waals surface area contributed by atoms with E-state index >= 15 is 0 Å². The molecule has 2 atom stereocenters. The van der Waals surface area contributed by atoms with E-state index in [0.717, 1.165) is 6.07 Å². The Kier molecular flexibility index (Phi) is 5.18. The van der Waals surface area contributed by atoms with Crippen LogP contribution in [0.3, 0.4) is 0 Å². The second-order valence-electron chi connectivity index (χ2n) is 6.50. The van der Waals surface area contributed by atoms with Crippen LogP contribution in [0.15, 0.2) is 23.1 Å². The van der Waals surface area contributed by atoms with Gasteiger partial charge in [0.05, 0.1) is 16.8 Å². The Morgan fingerprint density at radius 2 is 1.96 bits per heavy atom. The highest BCUT2D eigenvalue weighted by atomic mass is 32.2. The van der Waals surface area contributed by atoms with Gasteiger partial charge in [-0.2, -0.15) is 0 Å². The van der Waals surface area contributed by atoms with Gasteiger partial charge >= 0.3 is 0 Å². The molecule has 1 heterocycles. The first-order valence-electron chi connectivity index (χ1n) is 7.47. The number of hydrogen-bond acceptors (Lipinski definition) is 5. The number of aryl methyl sites for hydroxylation is 1. The first-order chi connectivity index (χ1) is 10.5. The predicted molar refractivity (Wildman–Crippen MR) is 87.4 cm³/mol. The number of rotatable bonds is 5. The molecule has 1 N–H and O–H groups in total. The van der Waals surface area contributed by atoms with Gasteiger partial charge in [-0.15, -0.1) is 0 Å². The Morgan fingerprint density at radius 3 is 2.57 bits per heavy atom. The highest BCUT2D eigenvalue weighted by Crippen LogP contribution is 2.28. The number of hydrogen-bond donors (Lipinski definition) is 1. The van der Waals surface area contributed by atoms with Crippen molar-refractivity contribution < 1.29 is 21.2 Å². The third-order valence-electron chi connectivity index (χ3n) is 3.88. The average Bonchev–Trinajstić information content (AvgIpc) is 2.75. The van der Waals surface area contributed by atoms with Crippen molar-refractivity contribution in [1.82, 2.24) is 5.32 Å². The van der Waals surface area contributed by atoms with Crippen molar-refractivity contribution in [2.24, 2.45) is 5.92 Å². The van der Waals surface area contributed by atoms with E-state index in [2.05, 4.69) is 5.32 Å². The van der Waals surface area contributed by atoms with Gasteiger partial charge < -0.3 is 5.32 Å². The molecule has 130 valence electrons. The van der Waals surface area contributed by atoms with Crippen molar-refractivity contribution in [2.75, 3.05) is 18.1 Å². The molecule has 8 heteroatoms. The molecule has 0 bridgehead atoms. The van der Waals surface area contributed by atoms with Crippen LogP contribution in [0.25, 0.3) is 0 Å². The lowest BCUT2D eigenvalue weighted by Gasteiger charge is -2.21.